The molecule has 1 amide bonds. The molecule has 2 heterocycles. The van der Waals surface area contributed by atoms with Crippen LogP contribution in [0.25, 0.3) is 0 Å². The molecule has 0 spiro atoms. The molecule has 0 bridgehead atoms. The second-order valence-corrected chi connectivity index (χ2v) is 7.32. The van der Waals surface area contributed by atoms with Gasteiger partial charge in [0.2, 0.25) is 5.91 Å². The van der Waals surface area contributed by atoms with E-state index in [0.717, 1.165) is 28.5 Å². The molecule has 1 aromatic carbocycles. The van der Waals surface area contributed by atoms with Gasteiger partial charge >= 0.3 is 0 Å². The van der Waals surface area contributed by atoms with Gasteiger partial charge in [-0.15, -0.1) is 11.8 Å². The standard InChI is InChI=1S/C22H23N3O4S/c1-27-18-9-7-17(8-10-18)16-28-22-12-11-19(29-22)15-24-25-20(26)5-4-14-30-21-6-2-3-13-23-21/h2-3,6-13,15H,4-5,14,16H2,1H3,(H,25,26)/b24-15-. The highest BCUT2D eigenvalue weighted by Crippen LogP contribution is 2.18. The summed E-state index contributed by atoms with van der Waals surface area (Å²) in [6, 6.07) is 16.8. The summed E-state index contributed by atoms with van der Waals surface area (Å²) in [6.45, 7) is 0.376. The maximum Gasteiger partial charge on any atom is 0.285 e. The minimum Gasteiger partial charge on any atom is -0.497 e. The van der Waals surface area contributed by atoms with Gasteiger partial charge in [0.1, 0.15) is 12.4 Å². The second-order valence-electron chi connectivity index (χ2n) is 6.21. The lowest BCUT2D eigenvalue weighted by molar-refractivity contribution is -0.121. The molecule has 0 unspecified atom stereocenters. The van der Waals surface area contributed by atoms with E-state index in [2.05, 4.69) is 15.5 Å². The predicted molar refractivity (Wildman–Crippen MR) is 116 cm³/mol. The van der Waals surface area contributed by atoms with Gasteiger partial charge in [0.05, 0.1) is 18.4 Å². The van der Waals surface area contributed by atoms with Crippen LogP contribution >= 0.6 is 11.8 Å². The van der Waals surface area contributed by atoms with Gasteiger partial charge in [0.15, 0.2) is 5.76 Å². The fraction of sp³-hybridized carbons (Fsp3) is 0.227. The van der Waals surface area contributed by atoms with Crippen LogP contribution in [0.5, 0.6) is 11.7 Å². The van der Waals surface area contributed by atoms with E-state index in [1.165, 1.54) is 6.21 Å². The Labute approximate surface area is 179 Å². The summed E-state index contributed by atoms with van der Waals surface area (Å²) in [5.74, 6) is 2.34. The van der Waals surface area contributed by atoms with E-state index in [1.54, 1.807) is 37.2 Å². The lowest BCUT2D eigenvalue weighted by atomic mass is 10.2. The fourth-order valence-electron chi connectivity index (χ4n) is 2.42. The molecule has 156 valence electrons. The predicted octanol–water partition coefficient (Wildman–Crippen LogP) is 4.28. The maximum absolute atomic E-state index is 11.8. The number of carbonyl (C=O) groups excluding carboxylic acids is 1. The van der Waals surface area contributed by atoms with Crippen LogP contribution in [0.4, 0.5) is 0 Å². The third-order valence-electron chi connectivity index (χ3n) is 3.96. The third kappa shape index (κ3) is 7.29. The molecule has 1 N–H and O–H groups in total. The molecule has 0 saturated heterocycles. The number of nitrogens with one attached hydrogen (secondary N) is 1. The van der Waals surface area contributed by atoms with Crippen LogP contribution in [-0.4, -0.2) is 30.0 Å². The molecule has 0 radical (unpaired) electrons. The van der Waals surface area contributed by atoms with Crippen molar-refractivity contribution in [1.82, 2.24) is 10.4 Å². The summed E-state index contributed by atoms with van der Waals surface area (Å²) < 4.78 is 16.3. The van der Waals surface area contributed by atoms with Crippen molar-refractivity contribution in [2.24, 2.45) is 5.10 Å². The molecule has 8 heteroatoms. The monoisotopic (exact) mass is 425 g/mol. The van der Waals surface area contributed by atoms with E-state index in [-0.39, 0.29) is 5.91 Å². The first-order valence-corrected chi connectivity index (χ1v) is 10.4. The normalized spacial score (nSPS) is 10.8. The molecule has 0 saturated carbocycles. The smallest absolute Gasteiger partial charge is 0.285 e. The van der Waals surface area contributed by atoms with Crippen molar-refractivity contribution in [2.45, 2.75) is 24.5 Å². The van der Waals surface area contributed by atoms with Crippen LogP contribution in [0.3, 0.4) is 0 Å². The van der Waals surface area contributed by atoms with Gasteiger partial charge in [0.25, 0.3) is 5.95 Å². The zero-order chi connectivity index (χ0) is 21.0. The number of amides is 1. The van der Waals surface area contributed by atoms with Crippen LogP contribution in [0.1, 0.15) is 24.2 Å². The Bertz CT molecular complexity index is 943. The van der Waals surface area contributed by atoms with Gasteiger partial charge in [-0.2, -0.15) is 5.10 Å². The highest BCUT2D eigenvalue weighted by molar-refractivity contribution is 7.99. The zero-order valence-electron chi connectivity index (χ0n) is 16.6. The van der Waals surface area contributed by atoms with Gasteiger partial charge in [-0.1, -0.05) is 18.2 Å². The van der Waals surface area contributed by atoms with Crippen LogP contribution in [0.2, 0.25) is 0 Å². The number of pyridine rings is 1. The van der Waals surface area contributed by atoms with Crippen molar-refractivity contribution >= 4 is 23.9 Å². The lowest BCUT2D eigenvalue weighted by Crippen LogP contribution is -2.17. The van der Waals surface area contributed by atoms with Crippen LogP contribution < -0.4 is 14.9 Å². The Morgan fingerprint density at radius 1 is 1.20 bits per heavy atom. The zero-order valence-corrected chi connectivity index (χ0v) is 17.4. The number of carbonyl (C=O) groups is 1. The first kappa shape index (κ1) is 21.4. The summed E-state index contributed by atoms with van der Waals surface area (Å²) >= 11 is 1.63. The molecular weight excluding hydrogens is 402 g/mol. The molecule has 0 fully saturated rings. The Morgan fingerprint density at radius 3 is 2.83 bits per heavy atom. The Hall–Kier alpha value is -3.26. The minimum absolute atomic E-state index is 0.143. The van der Waals surface area contributed by atoms with Crippen molar-refractivity contribution in [3.05, 3.63) is 72.1 Å². The topological polar surface area (TPSA) is 86.0 Å². The summed E-state index contributed by atoms with van der Waals surface area (Å²) in [7, 11) is 1.63. The van der Waals surface area contributed by atoms with E-state index in [4.69, 9.17) is 13.9 Å². The number of benzene rings is 1. The first-order chi connectivity index (χ1) is 14.7. The molecule has 3 rings (SSSR count). The largest absolute Gasteiger partial charge is 0.497 e. The molecule has 0 aliphatic rings. The lowest BCUT2D eigenvalue weighted by Gasteiger charge is -2.04. The van der Waals surface area contributed by atoms with Crippen molar-refractivity contribution < 1.29 is 18.7 Å². The molecule has 2 aromatic heterocycles. The first-order valence-electron chi connectivity index (χ1n) is 9.44. The van der Waals surface area contributed by atoms with Crippen molar-refractivity contribution in [2.75, 3.05) is 12.9 Å². The molecule has 30 heavy (non-hydrogen) atoms. The van der Waals surface area contributed by atoms with E-state index < -0.39 is 0 Å². The Kier molecular flexibility index (Phi) is 8.34. The van der Waals surface area contributed by atoms with Gasteiger partial charge in [-0.3, -0.25) is 4.79 Å². The van der Waals surface area contributed by atoms with Crippen molar-refractivity contribution in [3.8, 4) is 11.7 Å². The van der Waals surface area contributed by atoms with Gasteiger partial charge < -0.3 is 13.9 Å². The maximum atomic E-state index is 11.8. The van der Waals surface area contributed by atoms with E-state index in [0.29, 0.717) is 24.7 Å². The van der Waals surface area contributed by atoms with E-state index >= 15 is 0 Å². The van der Waals surface area contributed by atoms with Crippen LogP contribution in [0, 0.1) is 0 Å². The Morgan fingerprint density at radius 2 is 2.07 bits per heavy atom. The number of aromatic nitrogens is 1. The molecule has 3 aromatic rings. The molecule has 0 aliphatic heterocycles. The molecule has 0 aliphatic carbocycles. The number of rotatable bonds is 11. The number of ether oxygens (including phenoxy) is 2. The number of hydrogen-bond donors (Lipinski definition) is 1. The highest BCUT2D eigenvalue weighted by atomic mass is 32.2. The number of thioether (sulfide) groups is 1. The van der Waals surface area contributed by atoms with Crippen LogP contribution in [-0.2, 0) is 11.4 Å². The SMILES string of the molecule is COc1ccc(COc2ccc(/C=N\NC(=O)CCCSc3ccccn3)o2)cc1. The van der Waals surface area contributed by atoms with E-state index in [1.807, 2.05) is 42.5 Å². The summed E-state index contributed by atoms with van der Waals surface area (Å²) in [5.41, 5.74) is 3.50. The number of nitrogens with zero attached hydrogens (tertiary/aromatic N) is 2. The molecule has 7 nitrogen and oxygen atoms in total. The van der Waals surface area contributed by atoms with Gasteiger partial charge in [-0.25, -0.2) is 10.4 Å². The molecule has 0 atom stereocenters. The summed E-state index contributed by atoms with van der Waals surface area (Å²) in [4.78, 5) is 16.1. The number of hydrogen-bond acceptors (Lipinski definition) is 7. The highest BCUT2D eigenvalue weighted by Gasteiger charge is 2.04. The average Bonchev–Trinajstić information content (AvgIpc) is 3.24. The number of methoxy groups -OCH3 is 1. The third-order valence-corrected chi connectivity index (χ3v) is 4.99. The molecular formula is C22H23N3O4S. The van der Waals surface area contributed by atoms with Crippen molar-refractivity contribution in [3.63, 3.8) is 0 Å². The average molecular weight is 426 g/mol. The van der Waals surface area contributed by atoms with E-state index in [9.17, 15) is 4.79 Å². The number of furan rings is 1. The quantitative estimate of drug-likeness (QED) is 0.214. The van der Waals surface area contributed by atoms with Gasteiger partial charge in [-0.05, 0) is 48.1 Å². The van der Waals surface area contributed by atoms with Crippen LogP contribution in [0.15, 0.2) is 75.3 Å². The number of hydrazone groups is 1. The summed E-state index contributed by atoms with van der Waals surface area (Å²) in [6.07, 6.45) is 4.34. The fourth-order valence-corrected chi connectivity index (χ4v) is 3.23. The van der Waals surface area contributed by atoms with Crippen molar-refractivity contribution in [1.29, 1.82) is 0 Å². The summed E-state index contributed by atoms with van der Waals surface area (Å²) in [5, 5.41) is 4.88. The Balaban J connectivity index is 1.33. The second kappa shape index (κ2) is 11.7. The minimum atomic E-state index is -0.143. The van der Waals surface area contributed by atoms with Gasteiger partial charge in [0, 0.05) is 18.7 Å².